The lowest BCUT2D eigenvalue weighted by Crippen LogP contribution is -2.30. The Hall–Kier alpha value is -4.71. The van der Waals surface area contributed by atoms with Crippen molar-refractivity contribution in [3.05, 3.63) is 146 Å². The van der Waals surface area contributed by atoms with Crippen LogP contribution in [0.4, 0.5) is 0 Å². The second kappa shape index (κ2) is 67.8. The Morgan fingerprint density at radius 2 is 0.481 bits per heavy atom. The minimum atomic E-state index is -0.810. The van der Waals surface area contributed by atoms with Gasteiger partial charge in [0.1, 0.15) is 13.2 Å². The van der Waals surface area contributed by atoms with E-state index in [9.17, 15) is 14.4 Å². The molecule has 0 bridgehead atoms. The highest BCUT2D eigenvalue weighted by atomic mass is 16.6. The molecule has 0 heterocycles. The highest BCUT2D eigenvalue weighted by Crippen LogP contribution is 2.16. The van der Waals surface area contributed by atoms with Crippen LogP contribution >= 0.6 is 0 Å². The van der Waals surface area contributed by atoms with Gasteiger partial charge in [-0.25, -0.2) is 0 Å². The molecule has 0 spiro atoms. The lowest BCUT2D eigenvalue weighted by atomic mass is 10.0. The van der Waals surface area contributed by atoms with E-state index in [1.807, 2.05) is 0 Å². The van der Waals surface area contributed by atoms with E-state index in [1.54, 1.807) is 0 Å². The molecule has 0 radical (unpaired) electrons. The summed E-state index contributed by atoms with van der Waals surface area (Å²) in [7, 11) is 0. The monoisotopic (exact) mass is 1120 g/mol. The molecule has 0 aliphatic carbocycles. The quantitative estimate of drug-likeness (QED) is 0.0261. The lowest BCUT2D eigenvalue weighted by molar-refractivity contribution is -0.167. The zero-order valence-electron chi connectivity index (χ0n) is 52.5. The summed E-state index contributed by atoms with van der Waals surface area (Å²) >= 11 is 0. The summed E-state index contributed by atoms with van der Waals surface area (Å²) in [6.45, 7) is 6.35. The number of rotatable bonds is 59. The standard InChI is InChI=1S/C75H122O6/c1-4-7-10-13-16-19-22-25-28-30-32-33-34-35-36-37-38-39-40-41-43-44-47-50-53-56-59-62-65-68-74(77)80-71-72(70-79-73(76)67-64-61-58-55-52-49-46-27-24-21-18-15-12-9-6-3)81-75(78)69-66-63-60-57-54-51-48-45-42-31-29-26-23-20-17-14-11-8-5-2/h7,9-10,12,16-21,25-29,32-33,35-36,42,45-46,52,55,72H,4-6,8,11,13-15,22-24,30-31,34,37-41,43-44,47-51,53-54,56-71H2,1-3H3/b10-7-,12-9-,19-16-,20-17-,21-18-,28-25-,29-26-,33-32-,36-35-,45-42-,46-27-,55-52-. The van der Waals surface area contributed by atoms with Gasteiger partial charge in [0, 0.05) is 19.3 Å². The van der Waals surface area contributed by atoms with Crippen LogP contribution in [0.1, 0.15) is 290 Å². The summed E-state index contributed by atoms with van der Waals surface area (Å²) in [5.41, 5.74) is 0. The summed E-state index contributed by atoms with van der Waals surface area (Å²) in [5.74, 6) is -0.956. The second-order valence-corrected chi connectivity index (χ2v) is 21.6. The molecular formula is C75H122O6. The van der Waals surface area contributed by atoms with Gasteiger partial charge in [0.15, 0.2) is 6.10 Å². The normalized spacial score (nSPS) is 13.1. The molecule has 81 heavy (non-hydrogen) atoms. The van der Waals surface area contributed by atoms with E-state index in [-0.39, 0.29) is 31.1 Å². The van der Waals surface area contributed by atoms with Crippen LogP contribution in [0.15, 0.2) is 146 Å². The molecule has 6 nitrogen and oxygen atoms in total. The Morgan fingerprint density at radius 3 is 0.778 bits per heavy atom. The largest absolute Gasteiger partial charge is 0.462 e. The number of hydrogen-bond acceptors (Lipinski definition) is 6. The van der Waals surface area contributed by atoms with E-state index in [4.69, 9.17) is 14.2 Å². The third-order valence-corrected chi connectivity index (χ3v) is 13.8. The SMILES string of the molecule is CC/C=C\C/C=C\C/C=C\C/C=C\C/C=C\CCCCCCCCCCCCCCCC(=O)OCC(COC(=O)CCCC/C=C\C/C=C\C/C=C\C/C=C\CC)OC(=O)CCCCCCCC/C=C\C/C=C\C/C=C\CCCCC. The molecule has 0 fully saturated rings. The van der Waals surface area contributed by atoms with Crippen molar-refractivity contribution in [2.24, 2.45) is 0 Å². The first-order valence-corrected chi connectivity index (χ1v) is 33.3. The first-order valence-electron chi connectivity index (χ1n) is 33.3. The molecule has 0 aliphatic heterocycles. The van der Waals surface area contributed by atoms with Crippen LogP contribution in [0.25, 0.3) is 0 Å². The van der Waals surface area contributed by atoms with Gasteiger partial charge in [0.2, 0.25) is 0 Å². The summed E-state index contributed by atoms with van der Waals surface area (Å²) in [6.07, 6.45) is 97.2. The Labute approximate surface area is 499 Å². The number of ether oxygens (including phenoxy) is 3. The zero-order chi connectivity index (χ0) is 58.5. The minimum Gasteiger partial charge on any atom is -0.462 e. The number of carbonyl (C=O) groups is 3. The molecule has 1 unspecified atom stereocenters. The van der Waals surface area contributed by atoms with Gasteiger partial charge in [0.25, 0.3) is 0 Å². The smallest absolute Gasteiger partial charge is 0.306 e. The van der Waals surface area contributed by atoms with E-state index in [1.165, 1.54) is 109 Å². The molecule has 0 saturated heterocycles. The fraction of sp³-hybridized carbons (Fsp3) is 0.640. The third-order valence-electron chi connectivity index (χ3n) is 13.8. The van der Waals surface area contributed by atoms with Crippen molar-refractivity contribution in [1.29, 1.82) is 0 Å². The molecule has 0 aliphatic rings. The predicted molar refractivity (Wildman–Crippen MR) is 352 cm³/mol. The number of esters is 3. The average Bonchev–Trinajstić information content (AvgIpc) is 3.47. The van der Waals surface area contributed by atoms with Crippen LogP contribution in [0.2, 0.25) is 0 Å². The van der Waals surface area contributed by atoms with Gasteiger partial charge < -0.3 is 14.2 Å². The van der Waals surface area contributed by atoms with Gasteiger partial charge in [-0.3, -0.25) is 14.4 Å². The molecule has 0 aromatic carbocycles. The minimum absolute atomic E-state index is 0.101. The summed E-state index contributed by atoms with van der Waals surface area (Å²) in [5, 5.41) is 0. The van der Waals surface area contributed by atoms with Gasteiger partial charge in [0.05, 0.1) is 0 Å². The van der Waals surface area contributed by atoms with Crippen molar-refractivity contribution in [3.63, 3.8) is 0 Å². The Morgan fingerprint density at radius 1 is 0.259 bits per heavy atom. The van der Waals surface area contributed by atoms with Gasteiger partial charge in [-0.15, -0.1) is 0 Å². The lowest BCUT2D eigenvalue weighted by Gasteiger charge is -2.18. The highest BCUT2D eigenvalue weighted by molar-refractivity contribution is 5.71. The molecular weight excluding hydrogens is 997 g/mol. The summed E-state index contributed by atoms with van der Waals surface area (Å²) in [4.78, 5) is 38.4. The molecule has 0 rings (SSSR count). The fourth-order valence-corrected chi connectivity index (χ4v) is 8.88. The topological polar surface area (TPSA) is 78.9 Å². The summed E-state index contributed by atoms with van der Waals surface area (Å²) < 4.78 is 16.9. The molecule has 1 atom stereocenters. The maximum absolute atomic E-state index is 12.9. The van der Waals surface area contributed by atoms with Crippen molar-refractivity contribution >= 4 is 17.9 Å². The first kappa shape index (κ1) is 76.3. The number of allylic oxidation sites excluding steroid dienone is 24. The van der Waals surface area contributed by atoms with Crippen LogP contribution in [0.3, 0.4) is 0 Å². The Balaban J connectivity index is 4.37. The maximum Gasteiger partial charge on any atom is 0.306 e. The predicted octanol–water partition coefficient (Wildman–Crippen LogP) is 23.1. The van der Waals surface area contributed by atoms with Crippen LogP contribution in [-0.2, 0) is 28.6 Å². The molecule has 0 amide bonds. The van der Waals surface area contributed by atoms with Gasteiger partial charge >= 0.3 is 17.9 Å². The van der Waals surface area contributed by atoms with E-state index in [0.29, 0.717) is 19.3 Å². The van der Waals surface area contributed by atoms with Crippen LogP contribution < -0.4 is 0 Å². The number of carbonyl (C=O) groups excluding carboxylic acids is 3. The zero-order valence-corrected chi connectivity index (χ0v) is 52.5. The van der Waals surface area contributed by atoms with E-state index in [2.05, 4.69) is 167 Å². The molecule has 0 aromatic heterocycles. The molecule has 458 valence electrons. The molecule has 0 aromatic rings. The van der Waals surface area contributed by atoms with Crippen LogP contribution in [0.5, 0.6) is 0 Å². The third kappa shape index (κ3) is 66.0. The molecule has 6 heteroatoms. The fourth-order valence-electron chi connectivity index (χ4n) is 8.88. The van der Waals surface area contributed by atoms with E-state index in [0.717, 1.165) is 141 Å². The van der Waals surface area contributed by atoms with E-state index < -0.39 is 6.10 Å². The van der Waals surface area contributed by atoms with Crippen molar-refractivity contribution in [2.75, 3.05) is 13.2 Å². The average molecular weight is 1120 g/mol. The van der Waals surface area contributed by atoms with Crippen molar-refractivity contribution in [1.82, 2.24) is 0 Å². The van der Waals surface area contributed by atoms with Crippen molar-refractivity contribution in [3.8, 4) is 0 Å². The second-order valence-electron chi connectivity index (χ2n) is 21.6. The van der Waals surface area contributed by atoms with Crippen LogP contribution in [0, 0.1) is 0 Å². The number of hydrogen-bond donors (Lipinski definition) is 0. The van der Waals surface area contributed by atoms with Crippen LogP contribution in [-0.4, -0.2) is 37.2 Å². The van der Waals surface area contributed by atoms with Crippen molar-refractivity contribution < 1.29 is 28.6 Å². The summed E-state index contributed by atoms with van der Waals surface area (Å²) in [6, 6.07) is 0. The van der Waals surface area contributed by atoms with Gasteiger partial charge in [-0.2, -0.15) is 0 Å². The highest BCUT2D eigenvalue weighted by Gasteiger charge is 2.19. The molecule has 0 N–H and O–H groups in total. The van der Waals surface area contributed by atoms with Crippen molar-refractivity contribution in [2.45, 2.75) is 297 Å². The van der Waals surface area contributed by atoms with Gasteiger partial charge in [-0.1, -0.05) is 276 Å². The van der Waals surface area contributed by atoms with E-state index >= 15 is 0 Å². The Bertz CT molecular complexity index is 1760. The van der Waals surface area contributed by atoms with Gasteiger partial charge in [-0.05, 0) is 141 Å². The first-order chi connectivity index (χ1) is 40.0. The Kier molecular flexibility index (Phi) is 63.9. The number of unbranched alkanes of at least 4 members (excludes halogenated alkanes) is 24. The molecule has 0 saturated carbocycles. The maximum atomic E-state index is 12.9.